The van der Waals surface area contributed by atoms with Gasteiger partial charge in [-0.1, -0.05) is 41.9 Å². The Morgan fingerprint density at radius 2 is 1.90 bits per heavy atom. The van der Waals surface area contributed by atoms with Crippen LogP contribution in [0.15, 0.2) is 48.7 Å². The maximum Gasteiger partial charge on any atom is 0.326 e. The first-order chi connectivity index (χ1) is 10.1. The number of carbonyl (C=O) groups excluding carboxylic acids is 1. The van der Waals surface area contributed by atoms with Gasteiger partial charge >= 0.3 is 5.97 Å². The number of hydrogen-bond donors (Lipinski definition) is 2. The van der Waals surface area contributed by atoms with E-state index in [9.17, 15) is 14.7 Å². The van der Waals surface area contributed by atoms with E-state index in [2.05, 4.69) is 10.3 Å². The topological polar surface area (TPSA) is 79.3 Å². The molecule has 0 fully saturated rings. The molecular weight excluding hydrogens is 292 g/mol. The van der Waals surface area contributed by atoms with Crippen LogP contribution < -0.4 is 5.32 Å². The molecule has 2 N–H and O–H groups in total. The van der Waals surface area contributed by atoms with Crippen molar-refractivity contribution in [2.75, 3.05) is 0 Å². The number of benzene rings is 1. The quantitative estimate of drug-likeness (QED) is 0.887. The number of pyridine rings is 1. The van der Waals surface area contributed by atoms with Crippen molar-refractivity contribution in [2.24, 2.45) is 0 Å². The highest BCUT2D eigenvalue weighted by Crippen LogP contribution is 2.07. The Bertz CT molecular complexity index is 629. The second-order valence-electron chi connectivity index (χ2n) is 4.42. The van der Waals surface area contributed by atoms with Gasteiger partial charge in [0.2, 0.25) is 0 Å². The summed E-state index contributed by atoms with van der Waals surface area (Å²) in [6.45, 7) is 0. The number of nitrogens with zero attached hydrogens (tertiary/aromatic N) is 1. The van der Waals surface area contributed by atoms with Crippen molar-refractivity contribution in [2.45, 2.75) is 12.5 Å². The lowest BCUT2D eigenvalue weighted by molar-refractivity contribution is -0.139. The van der Waals surface area contributed by atoms with Crippen molar-refractivity contribution in [1.29, 1.82) is 0 Å². The number of carboxylic acid groups (broad SMARTS) is 1. The van der Waals surface area contributed by atoms with Gasteiger partial charge in [0, 0.05) is 12.6 Å². The van der Waals surface area contributed by atoms with E-state index in [1.165, 1.54) is 18.3 Å². The fraction of sp³-hybridized carbons (Fsp3) is 0.133. The van der Waals surface area contributed by atoms with Gasteiger partial charge in [-0.2, -0.15) is 0 Å². The van der Waals surface area contributed by atoms with Crippen molar-refractivity contribution in [3.05, 3.63) is 64.9 Å². The van der Waals surface area contributed by atoms with E-state index in [1.807, 2.05) is 30.3 Å². The van der Waals surface area contributed by atoms with Crippen LogP contribution in [0.2, 0.25) is 5.02 Å². The summed E-state index contributed by atoms with van der Waals surface area (Å²) >= 11 is 5.69. The van der Waals surface area contributed by atoms with Crippen molar-refractivity contribution in [3.8, 4) is 0 Å². The van der Waals surface area contributed by atoms with Gasteiger partial charge in [0.15, 0.2) is 0 Å². The van der Waals surface area contributed by atoms with E-state index < -0.39 is 17.9 Å². The van der Waals surface area contributed by atoms with Gasteiger partial charge in [-0.15, -0.1) is 0 Å². The summed E-state index contributed by atoms with van der Waals surface area (Å²) in [6.07, 6.45) is 1.54. The highest BCUT2D eigenvalue weighted by molar-refractivity contribution is 6.30. The third-order valence-electron chi connectivity index (χ3n) is 2.85. The first-order valence-electron chi connectivity index (χ1n) is 6.25. The number of hydrogen-bond acceptors (Lipinski definition) is 3. The molecule has 0 aliphatic heterocycles. The summed E-state index contributed by atoms with van der Waals surface area (Å²) in [5, 5.41) is 12.1. The summed E-state index contributed by atoms with van der Waals surface area (Å²) in [5.74, 6) is -1.64. The van der Waals surface area contributed by atoms with E-state index in [-0.39, 0.29) is 12.1 Å². The van der Waals surface area contributed by atoms with Gasteiger partial charge in [-0.3, -0.25) is 4.79 Å². The third-order valence-corrected chi connectivity index (χ3v) is 3.07. The average molecular weight is 305 g/mol. The zero-order chi connectivity index (χ0) is 15.2. The summed E-state index contributed by atoms with van der Waals surface area (Å²) in [5.41, 5.74) is 0.952. The molecule has 5 nitrogen and oxygen atoms in total. The molecular formula is C15H13ClN2O3. The molecule has 0 saturated carbocycles. The van der Waals surface area contributed by atoms with Gasteiger partial charge in [-0.05, 0) is 17.7 Å². The zero-order valence-corrected chi connectivity index (χ0v) is 11.7. The Morgan fingerprint density at radius 1 is 1.19 bits per heavy atom. The lowest BCUT2D eigenvalue weighted by atomic mass is 10.1. The summed E-state index contributed by atoms with van der Waals surface area (Å²) in [7, 11) is 0. The van der Waals surface area contributed by atoms with Gasteiger partial charge in [0.25, 0.3) is 5.91 Å². The van der Waals surface area contributed by atoms with E-state index >= 15 is 0 Å². The molecule has 21 heavy (non-hydrogen) atoms. The number of carbonyl (C=O) groups is 2. The lowest BCUT2D eigenvalue weighted by Crippen LogP contribution is -2.42. The predicted octanol–water partition coefficient (Wildman–Crippen LogP) is 2.16. The van der Waals surface area contributed by atoms with Gasteiger partial charge in [0.05, 0.1) is 5.02 Å². The standard InChI is InChI=1S/C15H13ClN2O3/c16-11-6-7-12(17-9-11)14(19)18-13(15(20)21)8-10-4-2-1-3-5-10/h1-7,9,13H,8H2,(H,18,19)(H,20,21). The normalized spacial score (nSPS) is 11.7. The van der Waals surface area contributed by atoms with Crippen molar-refractivity contribution in [3.63, 3.8) is 0 Å². The molecule has 1 aromatic heterocycles. The van der Waals surface area contributed by atoms with E-state index in [4.69, 9.17) is 11.6 Å². The van der Waals surface area contributed by atoms with Crippen LogP contribution in [0.25, 0.3) is 0 Å². The highest BCUT2D eigenvalue weighted by Gasteiger charge is 2.21. The number of rotatable bonds is 5. The van der Waals surface area contributed by atoms with Crippen molar-refractivity contribution >= 4 is 23.5 Å². The molecule has 1 heterocycles. The zero-order valence-electron chi connectivity index (χ0n) is 11.0. The Morgan fingerprint density at radius 3 is 2.48 bits per heavy atom. The van der Waals surface area contributed by atoms with Crippen LogP contribution in [0.3, 0.4) is 0 Å². The smallest absolute Gasteiger partial charge is 0.326 e. The van der Waals surface area contributed by atoms with Crippen LogP contribution >= 0.6 is 11.6 Å². The SMILES string of the molecule is O=C(NC(Cc1ccccc1)C(=O)O)c1ccc(Cl)cn1. The Kier molecular flexibility index (Phi) is 4.90. The van der Waals surface area contributed by atoms with Crippen molar-refractivity contribution in [1.82, 2.24) is 10.3 Å². The number of amides is 1. The van der Waals surface area contributed by atoms with E-state index in [0.29, 0.717) is 5.02 Å². The largest absolute Gasteiger partial charge is 0.480 e. The minimum atomic E-state index is -1.10. The molecule has 1 unspecified atom stereocenters. The number of carboxylic acids is 1. The van der Waals surface area contributed by atoms with Crippen LogP contribution in [-0.4, -0.2) is 28.0 Å². The number of aromatic nitrogens is 1. The molecule has 0 aliphatic rings. The molecule has 1 amide bonds. The Balaban J connectivity index is 2.07. The molecule has 0 radical (unpaired) electrons. The number of aliphatic carboxylic acids is 1. The lowest BCUT2D eigenvalue weighted by Gasteiger charge is -2.14. The molecule has 2 rings (SSSR count). The molecule has 0 aliphatic carbocycles. The summed E-state index contributed by atoms with van der Waals surface area (Å²) < 4.78 is 0. The minimum absolute atomic E-state index is 0.124. The van der Waals surface area contributed by atoms with Crippen LogP contribution in [0.4, 0.5) is 0 Å². The minimum Gasteiger partial charge on any atom is -0.480 e. The van der Waals surface area contributed by atoms with Gasteiger partial charge in [0.1, 0.15) is 11.7 Å². The fourth-order valence-corrected chi connectivity index (χ4v) is 1.90. The first kappa shape index (κ1) is 15.0. The third kappa shape index (κ3) is 4.29. The van der Waals surface area contributed by atoms with E-state index in [1.54, 1.807) is 0 Å². The molecule has 108 valence electrons. The van der Waals surface area contributed by atoms with Gasteiger partial charge < -0.3 is 10.4 Å². The monoisotopic (exact) mass is 304 g/mol. The maximum absolute atomic E-state index is 12.0. The van der Waals surface area contributed by atoms with Crippen LogP contribution in [0, 0.1) is 0 Å². The van der Waals surface area contributed by atoms with Gasteiger partial charge in [-0.25, -0.2) is 9.78 Å². The summed E-state index contributed by atoms with van der Waals surface area (Å²) in [4.78, 5) is 27.1. The molecule has 0 spiro atoms. The maximum atomic E-state index is 12.0. The average Bonchev–Trinajstić information content (AvgIpc) is 2.48. The molecule has 6 heteroatoms. The molecule has 1 atom stereocenters. The van der Waals surface area contributed by atoms with Crippen molar-refractivity contribution < 1.29 is 14.7 Å². The number of nitrogens with one attached hydrogen (secondary N) is 1. The Hall–Kier alpha value is -2.40. The highest BCUT2D eigenvalue weighted by atomic mass is 35.5. The van der Waals surface area contributed by atoms with E-state index in [0.717, 1.165) is 5.56 Å². The second-order valence-corrected chi connectivity index (χ2v) is 4.85. The Labute approximate surface area is 126 Å². The molecule has 1 aromatic carbocycles. The molecule has 2 aromatic rings. The molecule has 0 saturated heterocycles. The van der Waals surface area contributed by atoms with Crippen LogP contribution in [0.5, 0.6) is 0 Å². The van der Waals surface area contributed by atoms with Crippen LogP contribution in [0.1, 0.15) is 16.1 Å². The predicted molar refractivity (Wildman–Crippen MR) is 78.3 cm³/mol. The summed E-state index contributed by atoms with van der Waals surface area (Å²) in [6, 6.07) is 11.0. The van der Waals surface area contributed by atoms with Crippen LogP contribution in [-0.2, 0) is 11.2 Å². The molecule has 0 bridgehead atoms. The second kappa shape index (κ2) is 6.85. The first-order valence-corrected chi connectivity index (χ1v) is 6.63. The number of halogens is 1. The fourth-order valence-electron chi connectivity index (χ4n) is 1.79.